The lowest BCUT2D eigenvalue weighted by Gasteiger charge is -2.23. The van der Waals surface area contributed by atoms with Crippen LogP contribution < -0.4 is 16.4 Å². The molecule has 3 aromatic heterocycles. The van der Waals surface area contributed by atoms with Gasteiger partial charge in [0.15, 0.2) is 0 Å². The Kier molecular flexibility index (Phi) is 7.67. The summed E-state index contributed by atoms with van der Waals surface area (Å²) in [6.07, 6.45) is 5.84. The summed E-state index contributed by atoms with van der Waals surface area (Å²) in [5.41, 5.74) is 11.5. The van der Waals surface area contributed by atoms with Crippen molar-refractivity contribution in [1.29, 1.82) is 0 Å². The van der Waals surface area contributed by atoms with Gasteiger partial charge >= 0.3 is 5.97 Å². The fourth-order valence-electron chi connectivity index (χ4n) is 5.63. The van der Waals surface area contributed by atoms with Crippen LogP contribution in [0.25, 0.3) is 32.7 Å². The van der Waals surface area contributed by atoms with Crippen LogP contribution in [0.3, 0.4) is 0 Å². The first-order valence-electron chi connectivity index (χ1n) is 14.1. The SMILES string of the molecule is N[C@@H](Cc1c[nH]c2ccccc12)C(=O)N[C@@H](Cc1c[nH]c2ccccc12)C(=O)N[C@@H](Cc1c[nH]c2ccccc12)C(=O)O. The minimum Gasteiger partial charge on any atom is -0.480 e. The van der Waals surface area contributed by atoms with Gasteiger partial charge in [-0.2, -0.15) is 0 Å². The van der Waals surface area contributed by atoms with Crippen molar-refractivity contribution in [2.75, 3.05) is 0 Å². The lowest BCUT2D eigenvalue weighted by Crippen LogP contribution is -2.55. The third-order valence-corrected chi connectivity index (χ3v) is 7.90. The fraction of sp³-hybridized carbons (Fsp3) is 0.182. The molecule has 6 rings (SSSR count). The normalized spacial score (nSPS) is 13.6. The van der Waals surface area contributed by atoms with Crippen molar-refractivity contribution in [3.63, 3.8) is 0 Å². The number of benzene rings is 3. The monoisotopic (exact) mass is 576 g/mol. The summed E-state index contributed by atoms with van der Waals surface area (Å²) in [4.78, 5) is 48.9. The second-order valence-electron chi connectivity index (χ2n) is 10.8. The predicted octanol–water partition coefficient (Wildman–Crippen LogP) is 3.54. The highest BCUT2D eigenvalue weighted by Crippen LogP contribution is 2.22. The van der Waals surface area contributed by atoms with Crippen LogP contribution in [0.2, 0.25) is 0 Å². The minimum absolute atomic E-state index is 0.0684. The largest absolute Gasteiger partial charge is 0.480 e. The van der Waals surface area contributed by atoms with E-state index in [1.165, 1.54) is 0 Å². The van der Waals surface area contributed by atoms with Gasteiger partial charge in [0.2, 0.25) is 11.8 Å². The Morgan fingerprint density at radius 2 is 1.00 bits per heavy atom. The first-order valence-corrected chi connectivity index (χ1v) is 14.1. The first kappa shape index (κ1) is 27.8. The number of H-pyrrole nitrogens is 3. The predicted molar refractivity (Wildman–Crippen MR) is 165 cm³/mol. The molecule has 0 aliphatic rings. The van der Waals surface area contributed by atoms with E-state index >= 15 is 0 Å². The first-order chi connectivity index (χ1) is 20.9. The van der Waals surface area contributed by atoms with Gasteiger partial charge < -0.3 is 36.4 Å². The van der Waals surface area contributed by atoms with Gasteiger partial charge in [0.1, 0.15) is 12.1 Å². The Labute approximate surface area is 246 Å². The molecule has 218 valence electrons. The maximum Gasteiger partial charge on any atom is 0.326 e. The van der Waals surface area contributed by atoms with Gasteiger partial charge in [0.25, 0.3) is 0 Å². The zero-order chi connectivity index (χ0) is 29.9. The van der Waals surface area contributed by atoms with Crippen molar-refractivity contribution in [3.05, 3.63) is 108 Å². The molecule has 3 heterocycles. The molecule has 0 unspecified atom stereocenters. The quantitative estimate of drug-likeness (QED) is 0.125. The van der Waals surface area contributed by atoms with E-state index in [0.29, 0.717) is 0 Å². The number of nitrogens with two attached hydrogens (primary N) is 1. The molecule has 0 bridgehead atoms. The number of aromatic amines is 3. The molecule has 0 aliphatic carbocycles. The van der Waals surface area contributed by atoms with Crippen LogP contribution >= 0.6 is 0 Å². The number of carbonyl (C=O) groups is 3. The van der Waals surface area contributed by atoms with Crippen molar-refractivity contribution in [1.82, 2.24) is 25.6 Å². The van der Waals surface area contributed by atoms with Gasteiger partial charge in [-0.15, -0.1) is 0 Å². The van der Waals surface area contributed by atoms with Crippen molar-refractivity contribution in [3.8, 4) is 0 Å². The van der Waals surface area contributed by atoms with Crippen LogP contribution in [0.1, 0.15) is 16.7 Å². The van der Waals surface area contributed by atoms with Crippen molar-refractivity contribution in [2.24, 2.45) is 5.73 Å². The van der Waals surface area contributed by atoms with Crippen molar-refractivity contribution >= 4 is 50.5 Å². The molecule has 0 fully saturated rings. The number of hydrogen-bond donors (Lipinski definition) is 7. The number of amides is 2. The lowest BCUT2D eigenvalue weighted by atomic mass is 10.0. The Hall–Kier alpha value is -5.35. The zero-order valence-corrected chi connectivity index (χ0v) is 23.3. The molecule has 0 spiro atoms. The Bertz CT molecular complexity index is 1940. The number of carboxylic acid groups (broad SMARTS) is 1. The zero-order valence-electron chi connectivity index (χ0n) is 23.3. The van der Waals surface area contributed by atoms with E-state index in [1.54, 1.807) is 12.4 Å². The highest BCUT2D eigenvalue weighted by Gasteiger charge is 2.30. The van der Waals surface area contributed by atoms with Gasteiger partial charge in [0.05, 0.1) is 6.04 Å². The summed E-state index contributed by atoms with van der Waals surface area (Å²) in [6, 6.07) is 19.7. The van der Waals surface area contributed by atoms with Crippen LogP contribution in [0.4, 0.5) is 0 Å². The summed E-state index contributed by atoms with van der Waals surface area (Å²) in [5, 5.41) is 18.3. The molecular weight excluding hydrogens is 544 g/mol. The number of carbonyl (C=O) groups excluding carboxylic acids is 2. The standard InChI is InChI=1S/C33H32N6O4/c34-25(13-19-16-35-26-10-4-1-7-22(19)26)31(40)38-29(14-20-17-36-27-11-5-2-8-23(20)27)32(41)39-30(33(42)43)15-21-18-37-28-12-6-3-9-24(21)28/h1-12,16-18,25,29-30,35-37H,13-15,34H2,(H,38,40)(H,39,41)(H,42,43)/t25-,29-,30-/m0/s1. The Morgan fingerprint density at radius 1 is 0.605 bits per heavy atom. The maximum absolute atomic E-state index is 13.7. The van der Waals surface area contributed by atoms with E-state index in [-0.39, 0.29) is 19.3 Å². The van der Waals surface area contributed by atoms with Gasteiger partial charge in [0, 0.05) is 64.1 Å². The third kappa shape index (κ3) is 5.86. The van der Waals surface area contributed by atoms with Gasteiger partial charge in [-0.3, -0.25) is 9.59 Å². The summed E-state index contributed by atoms with van der Waals surface area (Å²) >= 11 is 0. The number of rotatable bonds is 11. The molecule has 0 saturated heterocycles. The third-order valence-electron chi connectivity index (χ3n) is 7.90. The van der Waals surface area contributed by atoms with Gasteiger partial charge in [-0.1, -0.05) is 54.6 Å². The van der Waals surface area contributed by atoms with Gasteiger partial charge in [-0.25, -0.2) is 4.79 Å². The minimum atomic E-state index is -1.21. The number of carboxylic acids is 1. The van der Waals surface area contributed by atoms with Gasteiger partial charge in [-0.05, 0) is 41.3 Å². The smallest absolute Gasteiger partial charge is 0.326 e. The summed E-state index contributed by atoms with van der Waals surface area (Å²) < 4.78 is 0. The average Bonchev–Trinajstić information content (AvgIpc) is 3.74. The second kappa shape index (κ2) is 11.9. The summed E-state index contributed by atoms with van der Waals surface area (Å²) in [5.74, 6) is -2.29. The van der Waals surface area contributed by atoms with Crippen molar-refractivity contribution < 1.29 is 19.5 Å². The second-order valence-corrected chi connectivity index (χ2v) is 10.8. The molecule has 8 N–H and O–H groups in total. The van der Waals surface area contributed by atoms with E-state index in [4.69, 9.17) is 5.73 Å². The average molecular weight is 577 g/mol. The molecule has 0 aliphatic heterocycles. The van der Waals surface area contributed by atoms with Crippen LogP contribution in [-0.4, -0.2) is 56.0 Å². The van der Waals surface area contributed by atoms with E-state index in [2.05, 4.69) is 25.6 Å². The molecule has 3 atom stereocenters. The Morgan fingerprint density at radius 3 is 1.47 bits per heavy atom. The number of hydrogen-bond acceptors (Lipinski definition) is 4. The molecule has 0 radical (unpaired) electrons. The molecule has 2 amide bonds. The highest BCUT2D eigenvalue weighted by atomic mass is 16.4. The lowest BCUT2D eigenvalue weighted by molar-refractivity contribution is -0.142. The van der Waals surface area contributed by atoms with Crippen LogP contribution in [0.5, 0.6) is 0 Å². The van der Waals surface area contributed by atoms with E-state index in [9.17, 15) is 19.5 Å². The van der Waals surface area contributed by atoms with E-state index in [0.717, 1.165) is 49.4 Å². The topological polar surface area (TPSA) is 169 Å². The maximum atomic E-state index is 13.7. The molecule has 43 heavy (non-hydrogen) atoms. The van der Waals surface area contributed by atoms with Crippen LogP contribution in [0.15, 0.2) is 91.4 Å². The molecule has 0 saturated carbocycles. The van der Waals surface area contributed by atoms with Crippen LogP contribution in [0, 0.1) is 0 Å². The van der Waals surface area contributed by atoms with E-state index in [1.807, 2.05) is 79.0 Å². The molecule has 3 aromatic carbocycles. The fourth-order valence-corrected chi connectivity index (χ4v) is 5.63. The number of nitrogens with one attached hydrogen (secondary N) is 5. The number of aromatic nitrogens is 3. The van der Waals surface area contributed by atoms with Crippen molar-refractivity contribution in [2.45, 2.75) is 37.4 Å². The van der Waals surface area contributed by atoms with Crippen LogP contribution in [-0.2, 0) is 33.6 Å². The Balaban J connectivity index is 1.22. The summed E-state index contributed by atoms with van der Waals surface area (Å²) in [6.45, 7) is 0. The number of para-hydroxylation sites is 3. The summed E-state index contributed by atoms with van der Waals surface area (Å²) in [7, 11) is 0. The highest BCUT2D eigenvalue weighted by molar-refractivity contribution is 5.94. The molecule has 10 nitrogen and oxygen atoms in total. The van der Waals surface area contributed by atoms with E-state index < -0.39 is 35.9 Å². The number of aliphatic carboxylic acids is 1. The number of fused-ring (bicyclic) bond motifs is 3. The molecule has 6 aromatic rings. The molecular formula is C33H32N6O4. The molecule has 10 heteroatoms.